The predicted molar refractivity (Wildman–Crippen MR) is 101 cm³/mol. The van der Waals surface area contributed by atoms with Crippen LogP contribution in [0, 0.1) is 5.92 Å². The molecular weight excluding hydrogens is 364 g/mol. The van der Waals surface area contributed by atoms with Gasteiger partial charge in [0.25, 0.3) is 10.0 Å². The molecule has 140 valence electrons. The van der Waals surface area contributed by atoms with Crippen LogP contribution in [0.1, 0.15) is 24.1 Å². The van der Waals surface area contributed by atoms with Crippen LogP contribution in [0.4, 0.5) is 0 Å². The highest BCUT2D eigenvalue weighted by Crippen LogP contribution is 2.29. The third-order valence-electron chi connectivity index (χ3n) is 4.95. The molecular formula is C19H20N4O3S. The number of rotatable bonds is 3. The number of pyridine rings is 1. The fourth-order valence-corrected chi connectivity index (χ4v) is 4.72. The van der Waals surface area contributed by atoms with E-state index in [9.17, 15) is 13.2 Å². The van der Waals surface area contributed by atoms with E-state index in [0.29, 0.717) is 43.9 Å². The van der Waals surface area contributed by atoms with Crippen LogP contribution in [-0.4, -0.2) is 43.1 Å². The van der Waals surface area contributed by atoms with Gasteiger partial charge in [0.2, 0.25) is 5.91 Å². The Kier molecular flexibility index (Phi) is 4.65. The number of likely N-dealkylation sites (tertiary alicyclic amines) is 1. The fraction of sp³-hybridized carbons (Fsp3) is 0.316. The summed E-state index contributed by atoms with van der Waals surface area (Å²) in [6.07, 6.45) is 3.03. The lowest BCUT2D eigenvalue weighted by atomic mass is 9.95. The molecule has 0 radical (unpaired) electrons. The van der Waals surface area contributed by atoms with Crippen LogP contribution in [0.25, 0.3) is 0 Å². The number of fused-ring (bicyclic) bond motifs is 1. The van der Waals surface area contributed by atoms with E-state index >= 15 is 0 Å². The number of carbonyl (C=O) groups excluding carboxylic acids is 1. The fourth-order valence-electron chi connectivity index (χ4n) is 3.49. The van der Waals surface area contributed by atoms with Crippen LogP contribution in [-0.2, 0) is 21.4 Å². The van der Waals surface area contributed by atoms with Crippen molar-refractivity contribution in [2.45, 2.75) is 24.3 Å². The van der Waals surface area contributed by atoms with Gasteiger partial charge in [-0.2, -0.15) is 8.42 Å². The Bertz CT molecular complexity index is 981. The van der Waals surface area contributed by atoms with E-state index in [1.807, 2.05) is 29.2 Å². The molecule has 0 spiro atoms. The molecule has 1 saturated heterocycles. The van der Waals surface area contributed by atoms with Crippen molar-refractivity contribution in [3.63, 3.8) is 0 Å². The first-order chi connectivity index (χ1) is 13.0. The number of piperidine rings is 1. The van der Waals surface area contributed by atoms with Gasteiger partial charge in [0.15, 0.2) is 5.84 Å². The molecule has 2 aliphatic rings. The first-order valence-electron chi connectivity index (χ1n) is 8.91. The molecule has 2 aromatic rings. The van der Waals surface area contributed by atoms with E-state index < -0.39 is 10.0 Å². The van der Waals surface area contributed by atoms with Gasteiger partial charge in [0, 0.05) is 30.8 Å². The normalized spacial score (nSPS) is 18.7. The first kappa shape index (κ1) is 17.7. The summed E-state index contributed by atoms with van der Waals surface area (Å²) in [5, 5.41) is 2.94. The smallest absolute Gasteiger partial charge is 0.285 e. The lowest BCUT2D eigenvalue weighted by Crippen LogP contribution is -2.43. The van der Waals surface area contributed by atoms with Crippen molar-refractivity contribution >= 4 is 21.8 Å². The summed E-state index contributed by atoms with van der Waals surface area (Å²) in [6, 6.07) is 12.5. The number of benzene rings is 1. The molecule has 1 aromatic heterocycles. The molecule has 8 heteroatoms. The van der Waals surface area contributed by atoms with Crippen LogP contribution in [0.2, 0.25) is 0 Å². The van der Waals surface area contributed by atoms with Gasteiger partial charge in [-0.05, 0) is 37.1 Å². The highest BCUT2D eigenvalue weighted by molar-refractivity contribution is 7.90. The Balaban J connectivity index is 1.38. The van der Waals surface area contributed by atoms with Crippen LogP contribution in [0.15, 0.2) is 58.0 Å². The van der Waals surface area contributed by atoms with Crippen molar-refractivity contribution in [2.24, 2.45) is 10.3 Å². The molecule has 0 unspecified atom stereocenters. The maximum atomic E-state index is 12.4. The number of hydrogen-bond acceptors (Lipinski definition) is 5. The van der Waals surface area contributed by atoms with E-state index in [0.717, 1.165) is 5.69 Å². The number of amides is 1. The average molecular weight is 384 g/mol. The summed E-state index contributed by atoms with van der Waals surface area (Å²) in [5.74, 6) is 0.429. The lowest BCUT2D eigenvalue weighted by Gasteiger charge is -2.32. The number of amidine groups is 1. The molecule has 2 aliphatic heterocycles. The van der Waals surface area contributed by atoms with Gasteiger partial charge in [-0.15, -0.1) is 4.40 Å². The second-order valence-electron chi connectivity index (χ2n) is 6.69. The Labute approximate surface area is 158 Å². The maximum absolute atomic E-state index is 12.4. The lowest BCUT2D eigenvalue weighted by molar-refractivity contribution is -0.126. The Morgan fingerprint density at radius 3 is 2.59 bits per heavy atom. The average Bonchev–Trinajstić information content (AvgIpc) is 2.98. The Morgan fingerprint density at radius 2 is 1.85 bits per heavy atom. The van der Waals surface area contributed by atoms with Crippen LogP contribution in [0.3, 0.4) is 0 Å². The molecule has 4 rings (SSSR count). The Hall–Kier alpha value is -2.74. The zero-order valence-corrected chi connectivity index (χ0v) is 15.5. The van der Waals surface area contributed by atoms with Crippen molar-refractivity contribution in [3.8, 4) is 0 Å². The van der Waals surface area contributed by atoms with Crippen molar-refractivity contribution in [2.75, 3.05) is 13.1 Å². The van der Waals surface area contributed by atoms with Gasteiger partial charge in [-0.25, -0.2) is 0 Å². The minimum Gasteiger partial charge on any atom is -0.355 e. The van der Waals surface area contributed by atoms with E-state index in [1.54, 1.807) is 24.4 Å². The van der Waals surface area contributed by atoms with Gasteiger partial charge in [-0.3, -0.25) is 9.78 Å². The second kappa shape index (κ2) is 7.11. The zero-order valence-electron chi connectivity index (χ0n) is 14.7. The molecule has 0 aliphatic carbocycles. The zero-order chi connectivity index (χ0) is 18.9. The molecule has 1 N–H and O–H groups in total. The third-order valence-corrected chi connectivity index (χ3v) is 6.27. The number of carbonyl (C=O) groups is 1. The monoisotopic (exact) mass is 384 g/mol. The van der Waals surface area contributed by atoms with E-state index in [1.165, 1.54) is 0 Å². The molecule has 27 heavy (non-hydrogen) atoms. The van der Waals surface area contributed by atoms with Crippen molar-refractivity contribution in [1.29, 1.82) is 0 Å². The van der Waals surface area contributed by atoms with Gasteiger partial charge >= 0.3 is 0 Å². The largest absolute Gasteiger partial charge is 0.355 e. The minimum atomic E-state index is -3.61. The molecule has 3 heterocycles. The highest BCUT2D eigenvalue weighted by atomic mass is 32.2. The van der Waals surface area contributed by atoms with Crippen molar-refractivity contribution in [3.05, 3.63) is 59.9 Å². The molecule has 1 aromatic carbocycles. The van der Waals surface area contributed by atoms with Gasteiger partial charge in [-0.1, -0.05) is 18.2 Å². The SMILES string of the molecule is O=C(NCc1ccccn1)C1CCN(C2=NS(=O)(=O)c3ccccc32)CC1. The highest BCUT2D eigenvalue weighted by Gasteiger charge is 2.34. The van der Waals surface area contributed by atoms with Gasteiger partial charge < -0.3 is 10.2 Å². The van der Waals surface area contributed by atoms with Gasteiger partial charge in [0.1, 0.15) is 4.90 Å². The summed E-state index contributed by atoms with van der Waals surface area (Å²) in [7, 11) is -3.61. The number of nitrogens with zero attached hydrogens (tertiary/aromatic N) is 3. The molecule has 1 fully saturated rings. The third kappa shape index (κ3) is 3.57. The van der Waals surface area contributed by atoms with Crippen molar-refractivity contribution < 1.29 is 13.2 Å². The van der Waals surface area contributed by atoms with E-state index in [4.69, 9.17) is 0 Å². The molecule has 0 bridgehead atoms. The second-order valence-corrected chi connectivity index (χ2v) is 8.26. The van der Waals surface area contributed by atoms with Crippen LogP contribution < -0.4 is 5.32 Å². The summed E-state index contributed by atoms with van der Waals surface area (Å²) >= 11 is 0. The predicted octanol–water partition coefficient (Wildman–Crippen LogP) is 1.56. The minimum absolute atomic E-state index is 0.0154. The van der Waals surface area contributed by atoms with Crippen LogP contribution >= 0.6 is 0 Å². The number of nitrogens with one attached hydrogen (secondary N) is 1. The first-order valence-corrected chi connectivity index (χ1v) is 10.4. The van der Waals surface area contributed by atoms with E-state index in [2.05, 4.69) is 14.7 Å². The molecule has 7 nitrogen and oxygen atoms in total. The summed E-state index contributed by atoms with van der Waals surface area (Å²) in [6.45, 7) is 1.62. The van der Waals surface area contributed by atoms with Gasteiger partial charge in [0.05, 0.1) is 12.2 Å². The molecule has 0 atom stereocenters. The number of aromatic nitrogens is 1. The summed E-state index contributed by atoms with van der Waals surface area (Å²) in [5.41, 5.74) is 1.47. The van der Waals surface area contributed by atoms with E-state index in [-0.39, 0.29) is 16.7 Å². The quantitative estimate of drug-likeness (QED) is 0.867. The molecule has 0 saturated carbocycles. The van der Waals surface area contributed by atoms with Crippen molar-refractivity contribution in [1.82, 2.24) is 15.2 Å². The summed E-state index contributed by atoms with van der Waals surface area (Å²) in [4.78, 5) is 18.8. The number of sulfonamides is 1. The standard InChI is InChI=1S/C19H20N4O3S/c24-19(21-13-15-5-3-4-10-20-15)14-8-11-23(12-9-14)18-16-6-1-2-7-17(16)27(25,26)22-18/h1-7,10,14H,8-9,11-13H2,(H,21,24). The molecule has 1 amide bonds. The topological polar surface area (TPSA) is 91.7 Å². The maximum Gasteiger partial charge on any atom is 0.285 e. The Morgan fingerprint density at radius 1 is 1.11 bits per heavy atom. The summed E-state index contributed by atoms with van der Waals surface area (Å²) < 4.78 is 28.4. The van der Waals surface area contributed by atoms with Crippen LogP contribution in [0.5, 0.6) is 0 Å². The number of hydrogen-bond donors (Lipinski definition) is 1.